The van der Waals surface area contributed by atoms with Gasteiger partial charge in [0.25, 0.3) is 0 Å². The van der Waals surface area contributed by atoms with Crippen LogP contribution in [0.1, 0.15) is 0 Å². The van der Waals surface area contributed by atoms with Gasteiger partial charge in [-0.15, -0.1) is 0 Å². The van der Waals surface area contributed by atoms with Gasteiger partial charge in [-0.1, -0.05) is 0 Å². The summed E-state index contributed by atoms with van der Waals surface area (Å²) in [6.07, 6.45) is 0. The summed E-state index contributed by atoms with van der Waals surface area (Å²) in [5.74, 6) is 0. The summed E-state index contributed by atoms with van der Waals surface area (Å²) in [7, 11) is 0. The molecule has 0 aliphatic rings. The second-order valence-corrected chi connectivity index (χ2v) is 34.8. The first-order chi connectivity index (χ1) is 41.4. The van der Waals surface area contributed by atoms with Gasteiger partial charge in [0.05, 0.1) is 0 Å². The Labute approximate surface area is 516 Å². The summed E-state index contributed by atoms with van der Waals surface area (Å²) in [5, 5.41) is 8.52. The van der Waals surface area contributed by atoms with E-state index in [1.807, 2.05) is 218 Å². The Hall–Kier alpha value is -9.86. The van der Waals surface area contributed by atoms with Crippen molar-refractivity contribution in [1.29, 1.82) is 0 Å². The molecule has 14 heteroatoms. The van der Waals surface area contributed by atoms with Crippen molar-refractivity contribution in [3.63, 3.8) is 0 Å². The summed E-state index contributed by atoms with van der Waals surface area (Å²) in [5.41, 5.74) is -2.34. The average Bonchev–Trinajstić information content (AvgIpc) is 0.638. The molecule has 0 radical (unpaired) electrons. The first kappa shape index (κ1) is 65.1. The molecule has 12 aromatic carbocycles. The van der Waals surface area contributed by atoms with Crippen LogP contribution >= 0.6 is 20.3 Å². The van der Waals surface area contributed by atoms with Gasteiger partial charge in [0.1, 0.15) is 0 Å². The third kappa shape index (κ3) is 8.55. The van der Waals surface area contributed by atoms with Crippen LogP contribution in [0, 0.1) is 0 Å². The second-order valence-electron chi connectivity index (χ2n) is 21.0. The van der Waals surface area contributed by atoms with Crippen LogP contribution in [0.25, 0.3) is 0 Å². The molecule has 1 aromatic heterocycles. The predicted octanol–water partition coefficient (Wildman–Crippen LogP) is 5.90. The maximum atomic E-state index is 19.2. The average molecular weight is 1230 g/mol. The van der Waals surface area contributed by atoms with Gasteiger partial charge in [0.2, 0.25) is 0 Å². The van der Waals surface area contributed by atoms with Gasteiger partial charge in [-0.2, -0.15) is 0 Å². The van der Waals surface area contributed by atoms with Crippen LogP contribution in [-0.2, 0) is 0 Å². The Morgan fingerprint density at radius 3 is 0.303 bits per heavy atom. The van der Waals surface area contributed by atoms with E-state index in [0.717, 1.165) is 0 Å². The summed E-state index contributed by atoms with van der Waals surface area (Å²) in [6, 6.07) is 121. The molecule has 0 aliphatic carbocycles. The van der Waals surface area contributed by atoms with E-state index in [1.54, 1.807) is 13.0 Å². The van der Waals surface area contributed by atoms with Crippen molar-refractivity contribution < 1.29 is 27.4 Å². The van der Waals surface area contributed by atoms with E-state index in [9.17, 15) is 0 Å². The Morgan fingerprint density at radius 2 is 0.225 bits per heavy atom. The molecule has 13 rings (SSSR count). The van der Waals surface area contributed by atoms with E-state index in [-0.39, 0.29) is 27.4 Å². The fraction of sp³-hybridized carbons (Fsp3) is 0. The fourth-order valence-electron chi connectivity index (χ4n) is 14.2. The number of hydrogen-bond acceptors (Lipinski definition) is 3. The molecule has 10 N–H and O–H groups in total. The minimum absolute atomic E-state index is 0. The normalized spacial score (nSPS) is 12.5. The van der Waals surface area contributed by atoms with Gasteiger partial charge in [0.15, 0.2) is 0 Å². The van der Waals surface area contributed by atoms with Gasteiger partial charge in [-0.3, -0.25) is 0 Å². The van der Waals surface area contributed by atoms with Crippen molar-refractivity contribution in [2.75, 3.05) is 0 Å². The van der Waals surface area contributed by atoms with Crippen LogP contribution in [0.3, 0.4) is 0 Å². The van der Waals surface area contributed by atoms with E-state index in [2.05, 4.69) is 146 Å². The monoisotopic (exact) mass is 1230 g/mol. The summed E-state index contributed by atoms with van der Waals surface area (Å²) >= 11 is 0. The Morgan fingerprint density at radius 1 is 0.146 bits per heavy atom. The molecule has 0 bridgehead atoms. The van der Waals surface area contributed by atoms with E-state index in [0.29, 0.717) is 63.7 Å². The molecule has 0 atom stereocenters. The van der Waals surface area contributed by atoms with Crippen molar-refractivity contribution in [2.24, 2.45) is 0 Å². The van der Waals surface area contributed by atoms with Gasteiger partial charge in [-0.05, 0) is 0 Å². The van der Waals surface area contributed by atoms with Gasteiger partial charge in [-0.25, -0.2) is 0 Å². The van der Waals surface area contributed by atoms with Crippen molar-refractivity contribution in [3.8, 4) is 0 Å². The molecule has 11 nitrogen and oxygen atoms in total. The predicted molar refractivity (Wildman–Crippen MR) is 377 cm³/mol. The summed E-state index contributed by atoms with van der Waals surface area (Å²) in [4.78, 5) is 57.7. The van der Waals surface area contributed by atoms with E-state index in [1.165, 1.54) is 0 Å². The van der Waals surface area contributed by atoms with Gasteiger partial charge < -0.3 is 27.4 Å². The zero-order valence-electron chi connectivity index (χ0n) is 48.5. The SMILES string of the molecule is O.O.O.O.O.O=c1n(P(c2ccccc2)(c2ccccc2)(c2ccccc2)c2ccccc2)c(=O)n(P(c2ccccc2)(c2ccccc2)(c2ccccc2)c2ccccc2)c(=O)n1P(c1ccccc1)(c1ccccc1)(c1ccccc1)c1ccccc1. The number of benzene rings is 12. The molecule has 0 saturated carbocycles. The fourth-order valence-corrected chi connectivity index (χ4v) is 34.2. The summed E-state index contributed by atoms with van der Waals surface area (Å²) in [6.45, 7) is -16.1. The van der Waals surface area contributed by atoms with Crippen LogP contribution in [0.15, 0.2) is 378 Å². The molecule has 0 amide bonds. The van der Waals surface area contributed by atoms with E-state index in [4.69, 9.17) is 0 Å². The molecular formula is C75H70N3O8P3. The number of nitrogens with zero attached hydrogens (tertiary/aromatic N) is 3. The molecule has 0 fully saturated rings. The Kier molecular flexibility index (Phi) is 18.9. The minimum atomic E-state index is -5.37. The van der Waals surface area contributed by atoms with Crippen molar-refractivity contribution in [2.45, 2.75) is 0 Å². The third-order valence-electron chi connectivity index (χ3n) is 17.4. The van der Waals surface area contributed by atoms with Crippen molar-refractivity contribution in [3.05, 3.63) is 395 Å². The van der Waals surface area contributed by atoms with Gasteiger partial charge in [0, 0.05) is 0 Å². The second kappa shape index (κ2) is 25.8. The van der Waals surface area contributed by atoms with Crippen LogP contribution in [0.2, 0.25) is 0 Å². The zero-order chi connectivity index (χ0) is 57.2. The molecule has 448 valence electrons. The molecule has 1 heterocycles. The van der Waals surface area contributed by atoms with Crippen LogP contribution in [0.5, 0.6) is 0 Å². The summed E-state index contributed by atoms with van der Waals surface area (Å²) < 4.78 is 4.92. The zero-order valence-corrected chi connectivity index (χ0v) is 51.2. The number of rotatable bonds is 15. The Balaban J connectivity index is 0.00000205. The number of hydrogen-bond donors (Lipinski definition) is 0. The van der Waals surface area contributed by atoms with Gasteiger partial charge >= 0.3 is 492 Å². The van der Waals surface area contributed by atoms with Crippen molar-refractivity contribution >= 4 is 83.9 Å². The molecule has 89 heavy (non-hydrogen) atoms. The first-order valence-electron chi connectivity index (χ1n) is 28.2. The standard InChI is InChI=1S/C75H60N3O3P3.5H2O/c79-73-76(82(61-37-13-1-14-38-61,62-39-15-2-16-40-62,63-41-17-3-18-42-63)64-43-19-4-20-44-64)74(80)78(84(69-53-29-9-30-54-69,70-55-31-10-32-56-70,71-57-33-11-34-58-71)72-59-35-12-36-60-72)75(81)77(73)83(65-45-21-5-22-46-65,66-47-23-6-24-48-66,67-49-25-7-26-50-67)68-51-27-8-28-52-68;;;;;/h1-60H;5*1H2. The molecule has 13 aromatic rings. The van der Waals surface area contributed by atoms with Crippen LogP contribution in [0.4, 0.5) is 0 Å². The topological polar surface area (TPSA) is 224 Å². The molecule has 0 unspecified atom stereocenters. The molecular weight excluding hydrogens is 1160 g/mol. The molecule has 0 spiro atoms. The van der Waals surface area contributed by atoms with Crippen molar-refractivity contribution in [1.82, 2.24) is 13.0 Å². The molecule has 0 saturated heterocycles. The first-order valence-corrected chi connectivity index (χ1v) is 34.7. The van der Waals surface area contributed by atoms with E-state index < -0.39 is 37.3 Å². The van der Waals surface area contributed by atoms with E-state index >= 15 is 14.4 Å². The number of aromatic nitrogens is 3. The quantitative estimate of drug-likeness (QED) is 0.114. The Bertz CT molecular complexity index is 3610. The third-order valence-corrected chi connectivity index (χ3v) is 36.5. The van der Waals surface area contributed by atoms with Crippen LogP contribution in [-0.4, -0.2) is 40.4 Å². The maximum absolute atomic E-state index is 19.2. The van der Waals surface area contributed by atoms with Crippen LogP contribution < -0.4 is 80.7 Å². The molecule has 0 aliphatic heterocycles.